The molecule has 138 valence electrons. The number of terminal acetylenes is 1. The van der Waals surface area contributed by atoms with Crippen LogP contribution in [0.5, 0.6) is 0 Å². The third-order valence-corrected chi connectivity index (χ3v) is 7.87. The Balaban J connectivity index is 1.72. The van der Waals surface area contributed by atoms with Gasteiger partial charge in [0.1, 0.15) is 0 Å². The molecule has 0 spiro atoms. The number of ketones is 1. The average molecular weight is 352 g/mol. The molecule has 26 heavy (non-hydrogen) atoms. The summed E-state index contributed by atoms with van der Waals surface area (Å²) in [5, 5.41) is 0. The molecule has 0 aromatic heterocycles. The molecule has 0 amide bonds. The molecule has 4 aliphatic carbocycles. The topological polar surface area (TPSA) is 43.4 Å². The molecule has 3 nitrogen and oxygen atoms in total. The predicted octanol–water partition coefficient (Wildman–Crippen LogP) is 4.23. The van der Waals surface area contributed by atoms with Crippen LogP contribution < -0.4 is 0 Å². The number of allylic oxidation sites excluding steroid dienone is 4. The monoisotopic (exact) mass is 352 g/mol. The van der Waals surface area contributed by atoms with Crippen molar-refractivity contribution in [2.75, 3.05) is 0 Å². The summed E-state index contributed by atoms with van der Waals surface area (Å²) in [5.41, 5.74) is 0.355. The molecular formula is C23H28O3. The van der Waals surface area contributed by atoms with Crippen LogP contribution in [0.15, 0.2) is 23.8 Å². The molecule has 0 aromatic rings. The lowest BCUT2D eigenvalue weighted by Gasteiger charge is -2.54. The maximum Gasteiger partial charge on any atom is 0.304 e. The zero-order valence-electron chi connectivity index (χ0n) is 15.8. The van der Waals surface area contributed by atoms with E-state index in [-0.39, 0.29) is 17.2 Å². The van der Waals surface area contributed by atoms with Crippen LogP contribution in [0.4, 0.5) is 0 Å². The highest BCUT2D eigenvalue weighted by molar-refractivity contribution is 5.91. The van der Waals surface area contributed by atoms with Crippen molar-refractivity contribution >= 4 is 11.8 Å². The van der Waals surface area contributed by atoms with Crippen molar-refractivity contribution in [1.29, 1.82) is 0 Å². The fourth-order valence-electron chi connectivity index (χ4n) is 6.85. The first-order chi connectivity index (χ1) is 12.5. The van der Waals surface area contributed by atoms with Crippen LogP contribution in [0.3, 0.4) is 0 Å². The average Bonchev–Trinajstić information content (AvgIpc) is 2.95. The fourth-order valence-corrected chi connectivity index (χ4v) is 6.85. The van der Waals surface area contributed by atoms with Gasteiger partial charge in [-0.25, -0.2) is 0 Å². The van der Waals surface area contributed by atoms with Gasteiger partial charge < -0.3 is 4.74 Å². The Labute approximate surface area is 156 Å². The molecule has 0 radical (unpaired) electrons. The molecular weight excluding hydrogens is 324 g/mol. The lowest BCUT2D eigenvalue weighted by Crippen LogP contribution is -2.54. The summed E-state index contributed by atoms with van der Waals surface area (Å²) >= 11 is 0. The molecule has 0 saturated heterocycles. The van der Waals surface area contributed by atoms with E-state index in [1.54, 1.807) is 0 Å². The fraction of sp³-hybridized carbons (Fsp3) is 0.652. The SMILES string of the molecule is C#CC1(OC(C)=O)CCC2C3C=CC4=CC(=O)CCC4C3CCC21CC. The van der Waals surface area contributed by atoms with Gasteiger partial charge in [0.2, 0.25) is 0 Å². The second-order valence-corrected chi connectivity index (χ2v) is 8.61. The van der Waals surface area contributed by atoms with Gasteiger partial charge in [-0.3, -0.25) is 9.59 Å². The Bertz CT molecular complexity index is 739. The van der Waals surface area contributed by atoms with Gasteiger partial charge in [0.05, 0.1) is 0 Å². The van der Waals surface area contributed by atoms with Crippen molar-refractivity contribution < 1.29 is 14.3 Å². The van der Waals surface area contributed by atoms with Gasteiger partial charge in [-0.2, -0.15) is 0 Å². The molecule has 0 aliphatic heterocycles. The molecule has 2 fully saturated rings. The van der Waals surface area contributed by atoms with Crippen LogP contribution in [0.25, 0.3) is 0 Å². The first-order valence-electron chi connectivity index (χ1n) is 10.1. The van der Waals surface area contributed by atoms with Crippen molar-refractivity contribution in [3.8, 4) is 12.3 Å². The molecule has 3 heteroatoms. The van der Waals surface area contributed by atoms with E-state index in [4.69, 9.17) is 11.2 Å². The lowest BCUT2D eigenvalue weighted by molar-refractivity contribution is -0.168. The van der Waals surface area contributed by atoms with Gasteiger partial charge in [0.25, 0.3) is 0 Å². The predicted molar refractivity (Wildman–Crippen MR) is 99.9 cm³/mol. The van der Waals surface area contributed by atoms with Gasteiger partial charge in [-0.05, 0) is 73.8 Å². The summed E-state index contributed by atoms with van der Waals surface area (Å²) in [6.07, 6.45) is 18.9. The number of carbonyl (C=O) groups is 2. The Morgan fingerprint density at radius 3 is 2.85 bits per heavy atom. The van der Waals surface area contributed by atoms with Gasteiger partial charge in [-0.1, -0.05) is 25.0 Å². The number of ether oxygens (including phenoxy) is 1. The number of esters is 1. The zero-order valence-corrected chi connectivity index (χ0v) is 15.8. The molecule has 0 heterocycles. The number of carbonyl (C=O) groups excluding carboxylic acids is 2. The van der Waals surface area contributed by atoms with E-state index in [0.29, 0.717) is 30.1 Å². The molecule has 0 bridgehead atoms. The third kappa shape index (κ3) is 2.27. The molecule has 6 atom stereocenters. The second kappa shape index (κ2) is 6.12. The highest BCUT2D eigenvalue weighted by atomic mass is 16.6. The maximum atomic E-state index is 11.8. The van der Waals surface area contributed by atoms with E-state index in [1.165, 1.54) is 12.5 Å². The minimum absolute atomic E-state index is 0.120. The van der Waals surface area contributed by atoms with Crippen molar-refractivity contribution in [2.45, 2.75) is 64.4 Å². The van der Waals surface area contributed by atoms with Crippen LogP contribution in [-0.4, -0.2) is 17.4 Å². The van der Waals surface area contributed by atoms with Gasteiger partial charge >= 0.3 is 5.97 Å². The van der Waals surface area contributed by atoms with Crippen molar-refractivity contribution in [3.63, 3.8) is 0 Å². The molecule has 6 unspecified atom stereocenters. The smallest absolute Gasteiger partial charge is 0.304 e. The number of rotatable bonds is 2. The summed E-state index contributed by atoms with van der Waals surface area (Å²) in [5.74, 6) is 4.96. The Morgan fingerprint density at radius 1 is 1.35 bits per heavy atom. The highest BCUT2D eigenvalue weighted by Crippen LogP contribution is 2.66. The van der Waals surface area contributed by atoms with Gasteiger partial charge in [0, 0.05) is 18.8 Å². The minimum Gasteiger partial charge on any atom is -0.445 e. The summed E-state index contributed by atoms with van der Waals surface area (Å²) in [7, 11) is 0. The third-order valence-electron chi connectivity index (χ3n) is 7.87. The van der Waals surface area contributed by atoms with Crippen LogP contribution in [0, 0.1) is 41.4 Å². The Kier molecular flexibility index (Phi) is 4.14. The highest BCUT2D eigenvalue weighted by Gasteiger charge is 2.65. The largest absolute Gasteiger partial charge is 0.445 e. The molecule has 4 aliphatic rings. The van der Waals surface area contributed by atoms with Gasteiger partial charge in [0.15, 0.2) is 11.4 Å². The first kappa shape index (κ1) is 17.6. The molecule has 0 N–H and O–H groups in total. The quantitative estimate of drug-likeness (QED) is 0.552. The molecule has 4 rings (SSSR count). The second-order valence-electron chi connectivity index (χ2n) is 8.61. The van der Waals surface area contributed by atoms with E-state index in [9.17, 15) is 9.59 Å². The number of fused-ring (bicyclic) bond motifs is 5. The zero-order chi connectivity index (χ0) is 18.5. The first-order valence-corrected chi connectivity index (χ1v) is 10.1. The summed E-state index contributed by atoms with van der Waals surface area (Å²) < 4.78 is 5.86. The Morgan fingerprint density at radius 2 is 2.15 bits per heavy atom. The number of hydrogen-bond donors (Lipinski definition) is 0. The van der Waals surface area contributed by atoms with Crippen molar-refractivity contribution in [1.82, 2.24) is 0 Å². The molecule has 2 saturated carbocycles. The van der Waals surface area contributed by atoms with Crippen LogP contribution in [-0.2, 0) is 14.3 Å². The van der Waals surface area contributed by atoms with Crippen LogP contribution in [0.2, 0.25) is 0 Å². The summed E-state index contributed by atoms with van der Waals surface area (Å²) in [6.45, 7) is 3.67. The Hall–Kier alpha value is -1.82. The molecule has 0 aromatic carbocycles. The minimum atomic E-state index is -0.754. The van der Waals surface area contributed by atoms with Crippen LogP contribution in [0.1, 0.15) is 58.8 Å². The summed E-state index contributed by atoms with van der Waals surface area (Å²) in [4.78, 5) is 23.6. The lowest BCUT2D eigenvalue weighted by atomic mass is 9.51. The standard InChI is InChI=1S/C23H28O3/c1-4-22-12-10-19-18-9-7-17(25)14-16(18)6-8-20(19)21(22)11-13-23(22,5-2)26-15(3)24/h2,6,8,14,18-21H,4,7,9-13H2,1,3H3. The van der Waals surface area contributed by atoms with E-state index in [1.807, 2.05) is 6.08 Å². The van der Waals surface area contributed by atoms with Gasteiger partial charge in [-0.15, -0.1) is 6.42 Å². The van der Waals surface area contributed by atoms with Crippen molar-refractivity contribution in [2.24, 2.45) is 29.1 Å². The van der Waals surface area contributed by atoms with E-state index in [2.05, 4.69) is 25.0 Å². The number of hydrogen-bond acceptors (Lipinski definition) is 3. The van der Waals surface area contributed by atoms with Crippen molar-refractivity contribution in [3.05, 3.63) is 23.8 Å². The normalized spacial score (nSPS) is 43.6. The maximum absolute atomic E-state index is 11.8. The van der Waals surface area contributed by atoms with E-state index in [0.717, 1.165) is 38.5 Å². The van der Waals surface area contributed by atoms with E-state index >= 15 is 0 Å². The summed E-state index contributed by atoms with van der Waals surface area (Å²) in [6, 6.07) is 0. The van der Waals surface area contributed by atoms with E-state index < -0.39 is 5.60 Å². The van der Waals surface area contributed by atoms with Crippen LogP contribution >= 0.6 is 0 Å².